The molecule has 0 saturated heterocycles. The van der Waals surface area contributed by atoms with Crippen LogP contribution in [0.25, 0.3) is 0 Å². The predicted molar refractivity (Wildman–Crippen MR) is 79.2 cm³/mol. The van der Waals surface area contributed by atoms with Gasteiger partial charge in [0.15, 0.2) is 5.78 Å². The third kappa shape index (κ3) is 2.54. The van der Waals surface area contributed by atoms with Crippen molar-refractivity contribution in [3.8, 4) is 0 Å². The number of rotatable bonds is 4. The number of ketones is 1. The first-order valence-electron chi connectivity index (χ1n) is 6.58. The monoisotopic (exact) mass is 301 g/mol. The zero-order valence-corrected chi connectivity index (χ0v) is 11.7. The fourth-order valence-electron chi connectivity index (χ4n) is 2.76. The van der Waals surface area contributed by atoms with Crippen LogP contribution in [0, 0.1) is 16.0 Å². The van der Waals surface area contributed by atoms with Crippen molar-refractivity contribution in [3.05, 3.63) is 80.9 Å². The predicted octanol–water partition coefficient (Wildman–Crippen LogP) is 3.58. The van der Waals surface area contributed by atoms with Gasteiger partial charge in [0, 0.05) is 15.5 Å². The molecule has 4 nitrogen and oxygen atoms in total. The Morgan fingerprint density at radius 3 is 2.24 bits per heavy atom. The quantitative estimate of drug-likeness (QED) is 0.492. The molecule has 1 fully saturated rings. The lowest BCUT2D eigenvalue weighted by molar-refractivity contribution is -0.498. The lowest BCUT2D eigenvalue weighted by Gasteiger charge is -1.99. The summed E-state index contributed by atoms with van der Waals surface area (Å²) < 4.78 is 0. The van der Waals surface area contributed by atoms with Crippen molar-refractivity contribution in [1.82, 2.24) is 0 Å². The molecule has 0 aliphatic heterocycles. The molecule has 0 heterocycles. The normalized spacial score (nSPS) is 23.6. The molecule has 106 valence electrons. The molecule has 0 unspecified atom stereocenters. The smallest absolute Gasteiger partial charge is 0.231 e. The largest absolute Gasteiger partial charge is 0.294 e. The molecule has 2 aromatic rings. The number of carbonyl (C=O) groups is 1. The maximum absolute atomic E-state index is 12.4. The number of Topliss-reactive ketones (excluding diaryl/α,β-unsaturated/α-hetero) is 1. The summed E-state index contributed by atoms with van der Waals surface area (Å²) in [5.41, 5.74) is 1.31. The van der Waals surface area contributed by atoms with E-state index in [0.29, 0.717) is 10.6 Å². The first kappa shape index (κ1) is 13.8. The van der Waals surface area contributed by atoms with Gasteiger partial charge < -0.3 is 0 Å². The molecular weight excluding hydrogens is 290 g/mol. The second kappa shape index (κ2) is 5.30. The summed E-state index contributed by atoms with van der Waals surface area (Å²) in [4.78, 5) is 23.3. The second-order valence-corrected chi connectivity index (χ2v) is 5.55. The fraction of sp³-hybridized carbons (Fsp3) is 0.188. The molecular formula is C16H12ClNO3. The molecule has 1 saturated carbocycles. The molecule has 3 rings (SSSR count). The van der Waals surface area contributed by atoms with Gasteiger partial charge in [0.25, 0.3) is 0 Å². The lowest BCUT2D eigenvalue weighted by atomic mass is 10.0. The minimum absolute atomic E-state index is 0.169. The highest BCUT2D eigenvalue weighted by molar-refractivity contribution is 6.30. The Balaban J connectivity index is 1.89. The zero-order chi connectivity index (χ0) is 15.0. The van der Waals surface area contributed by atoms with E-state index in [4.69, 9.17) is 11.6 Å². The molecule has 0 spiro atoms. The number of benzene rings is 2. The summed E-state index contributed by atoms with van der Waals surface area (Å²) in [6.07, 6.45) is 0. The molecule has 0 N–H and O–H groups in total. The van der Waals surface area contributed by atoms with Gasteiger partial charge in [-0.3, -0.25) is 14.9 Å². The van der Waals surface area contributed by atoms with Crippen molar-refractivity contribution < 1.29 is 9.72 Å². The Hall–Kier alpha value is -2.20. The third-order valence-electron chi connectivity index (χ3n) is 3.84. The van der Waals surface area contributed by atoms with Gasteiger partial charge in [-0.05, 0) is 17.7 Å². The highest BCUT2D eigenvalue weighted by Crippen LogP contribution is 2.51. The molecule has 1 aliphatic carbocycles. The van der Waals surface area contributed by atoms with Crippen molar-refractivity contribution in [1.29, 1.82) is 0 Å². The van der Waals surface area contributed by atoms with Crippen LogP contribution >= 0.6 is 11.6 Å². The number of nitro groups is 1. The summed E-state index contributed by atoms with van der Waals surface area (Å²) in [5.74, 6) is -1.13. The van der Waals surface area contributed by atoms with Gasteiger partial charge in [0.05, 0.1) is 5.92 Å². The van der Waals surface area contributed by atoms with Crippen LogP contribution in [0.15, 0.2) is 54.6 Å². The van der Waals surface area contributed by atoms with Crippen molar-refractivity contribution in [2.75, 3.05) is 0 Å². The van der Waals surface area contributed by atoms with Gasteiger partial charge >= 0.3 is 0 Å². The highest BCUT2D eigenvalue weighted by atomic mass is 35.5. The highest BCUT2D eigenvalue weighted by Gasteiger charge is 2.64. The van der Waals surface area contributed by atoms with E-state index < -0.39 is 12.0 Å². The molecule has 3 atom stereocenters. The van der Waals surface area contributed by atoms with Crippen LogP contribution in [0.3, 0.4) is 0 Å². The maximum atomic E-state index is 12.4. The van der Waals surface area contributed by atoms with E-state index in [9.17, 15) is 14.9 Å². The van der Waals surface area contributed by atoms with Gasteiger partial charge in [-0.1, -0.05) is 54.1 Å². The maximum Gasteiger partial charge on any atom is 0.231 e. The van der Waals surface area contributed by atoms with Crippen LogP contribution in [0.4, 0.5) is 0 Å². The summed E-state index contributed by atoms with van der Waals surface area (Å²) >= 11 is 5.83. The SMILES string of the molecule is O=C(c1ccccc1)[C@@H]1[C@@H](c2ccc(Cl)cc2)[C@@H]1[N+](=O)[O-]. The van der Waals surface area contributed by atoms with E-state index in [-0.39, 0.29) is 16.6 Å². The number of hydrogen-bond acceptors (Lipinski definition) is 3. The van der Waals surface area contributed by atoms with E-state index in [0.717, 1.165) is 5.56 Å². The number of nitrogens with zero attached hydrogens (tertiary/aromatic N) is 1. The Morgan fingerprint density at radius 2 is 1.67 bits per heavy atom. The summed E-state index contributed by atoms with van der Waals surface area (Å²) in [6.45, 7) is 0. The second-order valence-electron chi connectivity index (χ2n) is 5.11. The third-order valence-corrected chi connectivity index (χ3v) is 4.09. The number of hydrogen-bond donors (Lipinski definition) is 0. The van der Waals surface area contributed by atoms with E-state index >= 15 is 0 Å². The van der Waals surface area contributed by atoms with Gasteiger partial charge in [-0.25, -0.2) is 0 Å². The summed E-state index contributed by atoms with van der Waals surface area (Å²) in [7, 11) is 0. The van der Waals surface area contributed by atoms with Crippen LogP contribution in [0.1, 0.15) is 21.8 Å². The Morgan fingerprint density at radius 1 is 1.05 bits per heavy atom. The Bertz CT molecular complexity index is 684. The van der Waals surface area contributed by atoms with Crippen LogP contribution in [-0.4, -0.2) is 16.7 Å². The molecule has 0 amide bonds. The van der Waals surface area contributed by atoms with E-state index in [1.807, 2.05) is 6.07 Å². The molecule has 1 aliphatic rings. The van der Waals surface area contributed by atoms with Crippen LogP contribution in [-0.2, 0) is 0 Å². The molecule has 0 bridgehead atoms. The van der Waals surface area contributed by atoms with Crippen LogP contribution in [0.2, 0.25) is 5.02 Å². The van der Waals surface area contributed by atoms with Gasteiger partial charge in [-0.2, -0.15) is 0 Å². The molecule has 2 aromatic carbocycles. The number of halogens is 1. The van der Waals surface area contributed by atoms with Crippen molar-refractivity contribution >= 4 is 17.4 Å². The van der Waals surface area contributed by atoms with E-state index in [2.05, 4.69) is 0 Å². The van der Waals surface area contributed by atoms with E-state index in [1.165, 1.54) is 0 Å². The van der Waals surface area contributed by atoms with Crippen molar-refractivity contribution in [2.45, 2.75) is 12.0 Å². The first-order valence-corrected chi connectivity index (χ1v) is 6.95. The average molecular weight is 302 g/mol. The minimum atomic E-state index is -0.848. The van der Waals surface area contributed by atoms with Gasteiger partial charge in [0.2, 0.25) is 6.04 Å². The molecule has 21 heavy (non-hydrogen) atoms. The van der Waals surface area contributed by atoms with Crippen LogP contribution in [0.5, 0.6) is 0 Å². The molecule has 0 radical (unpaired) electrons. The fourth-order valence-corrected chi connectivity index (χ4v) is 2.89. The topological polar surface area (TPSA) is 60.2 Å². The standard InChI is InChI=1S/C16H12ClNO3/c17-12-8-6-10(7-9-12)13-14(15(13)18(20)21)16(19)11-4-2-1-3-5-11/h1-9,13-15H/t13-,14-,15+/m1/s1. The Labute approximate surface area is 126 Å². The molecule has 5 heteroatoms. The molecule has 0 aromatic heterocycles. The first-order chi connectivity index (χ1) is 10.1. The zero-order valence-electron chi connectivity index (χ0n) is 11.0. The summed E-state index contributed by atoms with van der Waals surface area (Å²) in [6, 6.07) is 14.7. The van der Waals surface area contributed by atoms with Crippen LogP contribution < -0.4 is 0 Å². The van der Waals surface area contributed by atoms with E-state index in [1.54, 1.807) is 48.5 Å². The van der Waals surface area contributed by atoms with Gasteiger partial charge in [0.1, 0.15) is 5.92 Å². The average Bonchev–Trinajstić information content (AvgIpc) is 3.24. The van der Waals surface area contributed by atoms with Gasteiger partial charge in [-0.15, -0.1) is 0 Å². The Kier molecular flexibility index (Phi) is 3.47. The minimum Gasteiger partial charge on any atom is -0.294 e. The van der Waals surface area contributed by atoms with Crippen molar-refractivity contribution in [2.24, 2.45) is 5.92 Å². The van der Waals surface area contributed by atoms with Crippen molar-refractivity contribution in [3.63, 3.8) is 0 Å². The number of carbonyl (C=O) groups excluding carboxylic acids is 1. The lowest BCUT2D eigenvalue weighted by Crippen LogP contribution is -2.10. The summed E-state index contributed by atoms with van der Waals surface area (Å²) in [5, 5.41) is 11.8.